The Labute approximate surface area is 210 Å². The van der Waals surface area contributed by atoms with Crippen molar-refractivity contribution < 1.29 is 28.5 Å². The Morgan fingerprint density at radius 3 is 2.57 bits per heavy atom. The van der Waals surface area contributed by atoms with Crippen molar-refractivity contribution in [1.29, 1.82) is 0 Å². The number of esters is 1. The second-order valence-corrected chi connectivity index (χ2v) is 9.03. The lowest BCUT2D eigenvalue weighted by Crippen LogP contribution is -2.39. The van der Waals surface area contributed by atoms with Crippen LogP contribution in [0, 0.1) is 0 Å². The summed E-state index contributed by atoms with van der Waals surface area (Å²) in [5, 5.41) is 5.62. The number of hydrogen-bond acceptors (Lipinski definition) is 9. The third-order valence-electron chi connectivity index (χ3n) is 5.83. The molecule has 2 atom stereocenters. The molecule has 2 aliphatic rings. The van der Waals surface area contributed by atoms with Gasteiger partial charge in [-0.15, -0.1) is 0 Å². The van der Waals surface area contributed by atoms with Crippen molar-refractivity contribution in [3.05, 3.63) is 46.1 Å². The number of carbonyl (C=O) groups is 2. The average Bonchev–Trinajstić information content (AvgIpc) is 3.24. The molecule has 1 aromatic carbocycles. The minimum atomic E-state index is -0.560. The highest BCUT2D eigenvalue weighted by Crippen LogP contribution is 2.46. The number of fused-ring (bicyclic) bond motifs is 1. The van der Waals surface area contributed by atoms with E-state index in [2.05, 4.69) is 10.3 Å². The molecule has 0 aromatic heterocycles. The van der Waals surface area contributed by atoms with Gasteiger partial charge in [0.2, 0.25) is 5.91 Å². The standard InChI is InChI=1S/C25H33N3O6S/c1-7-15(2)26-21(29)13-18-14-35-25-27-16(3)22(24(30)34-11-10-31-4)23(28(18)25)17-8-9-19(32-5)20(12-17)33-6/h8-9,12,14-15,23H,7,10-11,13H2,1-6H3,(H,26,29)/t15-,23-/m0/s1. The monoisotopic (exact) mass is 503 g/mol. The first-order valence-corrected chi connectivity index (χ1v) is 12.3. The first kappa shape index (κ1) is 26.6. The van der Waals surface area contributed by atoms with Gasteiger partial charge in [0.05, 0.1) is 44.6 Å². The maximum atomic E-state index is 13.3. The SMILES string of the molecule is CC[C@H](C)NC(=O)CC1=CSC2=NC(C)=C(C(=O)OCCOC)[C@H](c3ccc(OC)c(OC)c3)N12. The number of allylic oxidation sites excluding steroid dienone is 1. The lowest BCUT2D eigenvalue weighted by Gasteiger charge is -2.36. The highest BCUT2D eigenvalue weighted by atomic mass is 32.2. The van der Waals surface area contributed by atoms with Crippen LogP contribution >= 0.6 is 11.8 Å². The van der Waals surface area contributed by atoms with E-state index in [1.54, 1.807) is 34.3 Å². The van der Waals surface area contributed by atoms with E-state index < -0.39 is 12.0 Å². The third-order valence-corrected chi connectivity index (χ3v) is 6.71. The summed E-state index contributed by atoms with van der Waals surface area (Å²) in [6.07, 6.45) is 0.995. The molecular weight excluding hydrogens is 470 g/mol. The maximum Gasteiger partial charge on any atom is 0.338 e. The van der Waals surface area contributed by atoms with Gasteiger partial charge in [-0.05, 0) is 43.4 Å². The number of aliphatic imine (C=N–C) groups is 1. The van der Waals surface area contributed by atoms with Crippen LogP contribution in [0.2, 0.25) is 0 Å². The van der Waals surface area contributed by atoms with E-state index in [0.29, 0.717) is 27.9 Å². The van der Waals surface area contributed by atoms with Crippen LogP contribution in [0.4, 0.5) is 0 Å². The van der Waals surface area contributed by atoms with Crippen LogP contribution in [0.15, 0.2) is 45.6 Å². The molecule has 1 N–H and O–H groups in total. The van der Waals surface area contributed by atoms with Gasteiger partial charge in [-0.2, -0.15) is 0 Å². The van der Waals surface area contributed by atoms with E-state index in [0.717, 1.165) is 17.7 Å². The predicted octanol–water partition coefficient (Wildman–Crippen LogP) is 3.77. The van der Waals surface area contributed by atoms with Gasteiger partial charge in [-0.3, -0.25) is 4.79 Å². The summed E-state index contributed by atoms with van der Waals surface area (Å²) in [6, 6.07) is 5.02. The molecule has 0 bridgehead atoms. The molecule has 1 amide bonds. The predicted molar refractivity (Wildman–Crippen MR) is 135 cm³/mol. The number of methoxy groups -OCH3 is 3. The average molecular weight is 504 g/mol. The Bertz CT molecular complexity index is 1050. The van der Waals surface area contributed by atoms with Crippen LogP contribution in [0.3, 0.4) is 0 Å². The molecular formula is C25H33N3O6S. The Kier molecular flexibility index (Phi) is 9.22. The Balaban J connectivity index is 2.03. The molecule has 10 heteroatoms. The fraction of sp³-hybridized carbons (Fsp3) is 0.480. The summed E-state index contributed by atoms with van der Waals surface area (Å²) >= 11 is 1.43. The summed E-state index contributed by atoms with van der Waals surface area (Å²) in [7, 11) is 4.68. The second-order valence-electron chi connectivity index (χ2n) is 8.19. The van der Waals surface area contributed by atoms with Crippen LogP contribution in [0.25, 0.3) is 0 Å². The van der Waals surface area contributed by atoms with Crippen LogP contribution in [-0.2, 0) is 19.1 Å². The highest BCUT2D eigenvalue weighted by Gasteiger charge is 2.41. The number of amides is 1. The smallest absolute Gasteiger partial charge is 0.338 e. The zero-order valence-corrected chi connectivity index (χ0v) is 21.9. The number of carbonyl (C=O) groups excluding carboxylic acids is 2. The van der Waals surface area contributed by atoms with Gasteiger partial charge >= 0.3 is 5.97 Å². The molecule has 3 rings (SSSR count). The summed E-state index contributed by atoms with van der Waals surface area (Å²) in [6.45, 7) is 6.19. The van der Waals surface area contributed by atoms with Gasteiger partial charge in [0.15, 0.2) is 16.7 Å². The highest BCUT2D eigenvalue weighted by molar-refractivity contribution is 8.16. The van der Waals surface area contributed by atoms with Crippen molar-refractivity contribution in [2.24, 2.45) is 4.99 Å². The van der Waals surface area contributed by atoms with Crippen molar-refractivity contribution in [2.75, 3.05) is 34.5 Å². The van der Waals surface area contributed by atoms with Crippen molar-refractivity contribution in [3.8, 4) is 11.5 Å². The van der Waals surface area contributed by atoms with E-state index in [-0.39, 0.29) is 31.6 Å². The molecule has 0 saturated heterocycles. The van der Waals surface area contributed by atoms with Crippen LogP contribution in [-0.4, -0.2) is 62.5 Å². The maximum absolute atomic E-state index is 13.3. The first-order chi connectivity index (χ1) is 16.8. The summed E-state index contributed by atoms with van der Waals surface area (Å²) in [5.41, 5.74) is 2.49. The van der Waals surface area contributed by atoms with Crippen molar-refractivity contribution in [2.45, 2.75) is 45.7 Å². The van der Waals surface area contributed by atoms with E-state index in [1.807, 2.05) is 36.3 Å². The van der Waals surface area contributed by atoms with Gasteiger partial charge in [0.25, 0.3) is 0 Å². The van der Waals surface area contributed by atoms with Crippen molar-refractivity contribution in [1.82, 2.24) is 10.2 Å². The molecule has 0 aliphatic carbocycles. The molecule has 0 fully saturated rings. The molecule has 0 radical (unpaired) electrons. The number of benzene rings is 1. The minimum absolute atomic E-state index is 0.0711. The van der Waals surface area contributed by atoms with E-state index in [1.165, 1.54) is 11.8 Å². The van der Waals surface area contributed by atoms with E-state index >= 15 is 0 Å². The number of nitrogens with one attached hydrogen (secondary N) is 1. The van der Waals surface area contributed by atoms with Crippen LogP contribution < -0.4 is 14.8 Å². The largest absolute Gasteiger partial charge is 0.493 e. The van der Waals surface area contributed by atoms with Gasteiger partial charge in [0.1, 0.15) is 6.61 Å². The molecule has 0 unspecified atom stereocenters. The van der Waals surface area contributed by atoms with Gasteiger partial charge in [-0.25, -0.2) is 9.79 Å². The Hall–Kier alpha value is -2.98. The van der Waals surface area contributed by atoms with Crippen LogP contribution in [0.5, 0.6) is 11.5 Å². The normalized spacial score (nSPS) is 17.9. The lowest BCUT2D eigenvalue weighted by molar-refractivity contribution is -0.141. The number of ether oxygens (including phenoxy) is 4. The number of rotatable bonds is 11. The van der Waals surface area contributed by atoms with Crippen molar-refractivity contribution >= 4 is 28.8 Å². The molecule has 2 heterocycles. The minimum Gasteiger partial charge on any atom is -0.493 e. The number of amidine groups is 1. The zero-order valence-electron chi connectivity index (χ0n) is 21.0. The molecule has 9 nitrogen and oxygen atoms in total. The zero-order chi connectivity index (χ0) is 25.5. The molecule has 0 spiro atoms. The molecule has 35 heavy (non-hydrogen) atoms. The van der Waals surface area contributed by atoms with Crippen molar-refractivity contribution in [3.63, 3.8) is 0 Å². The topological polar surface area (TPSA) is 98.7 Å². The Morgan fingerprint density at radius 1 is 1.17 bits per heavy atom. The summed E-state index contributed by atoms with van der Waals surface area (Å²) in [4.78, 5) is 32.6. The first-order valence-electron chi connectivity index (χ1n) is 11.5. The van der Waals surface area contributed by atoms with Gasteiger partial charge in [-0.1, -0.05) is 24.8 Å². The van der Waals surface area contributed by atoms with Gasteiger partial charge in [0, 0.05) is 18.8 Å². The third kappa shape index (κ3) is 5.99. The molecule has 2 aliphatic heterocycles. The number of nitrogens with zero attached hydrogens (tertiary/aromatic N) is 2. The molecule has 1 aromatic rings. The Morgan fingerprint density at radius 2 is 1.91 bits per heavy atom. The fourth-order valence-corrected chi connectivity index (χ4v) is 4.82. The summed E-state index contributed by atoms with van der Waals surface area (Å²) in [5.74, 6) is 0.535. The van der Waals surface area contributed by atoms with Gasteiger partial charge < -0.3 is 29.2 Å². The fourth-order valence-electron chi connectivity index (χ4n) is 3.86. The van der Waals surface area contributed by atoms with E-state index in [4.69, 9.17) is 18.9 Å². The lowest BCUT2D eigenvalue weighted by atomic mass is 9.93. The number of hydrogen-bond donors (Lipinski definition) is 1. The van der Waals surface area contributed by atoms with Crippen LogP contribution in [0.1, 0.15) is 45.2 Å². The number of thioether (sulfide) groups is 1. The quantitative estimate of drug-likeness (QED) is 0.360. The summed E-state index contributed by atoms with van der Waals surface area (Å²) < 4.78 is 21.4. The molecule has 190 valence electrons. The molecule has 0 saturated carbocycles. The second kappa shape index (κ2) is 12.1. The van der Waals surface area contributed by atoms with E-state index in [9.17, 15) is 9.59 Å².